The molecule has 0 unspecified atom stereocenters. The Balaban J connectivity index is 1.74. The zero-order chi connectivity index (χ0) is 18.2. The second kappa shape index (κ2) is 6.36. The molecule has 0 saturated heterocycles. The number of hydrogen-bond acceptors (Lipinski definition) is 6. The van der Waals surface area contributed by atoms with E-state index in [1.807, 2.05) is 18.2 Å². The average Bonchev–Trinajstić information content (AvgIpc) is 3.21. The van der Waals surface area contributed by atoms with Gasteiger partial charge in [0.25, 0.3) is 0 Å². The second-order valence-electron chi connectivity index (χ2n) is 6.21. The standard InChI is InChI=1S/C17H18N2O5S/c1-17(2,16(21)22)19(3)14(20)7-11-8-25-15(18-11)10-4-5-12-13(6-10)24-9-23-12/h4-6,8H,7,9H2,1-3H3,(H,21,22). The van der Waals surface area contributed by atoms with E-state index in [2.05, 4.69) is 4.98 Å². The van der Waals surface area contributed by atoms with Gasteiger partial charge in [-0.3, -0.25) is 4.79 Å². The fourth-order valence-electron chi connectivity index (χ4n) is 2.28. The van der Waals surface area contributed by atoms with Crippen molar-refractivity contribution in [2.75, 3.05) is 13.8 Å². The van der Waals surface area contributed by atoms with Crippen LogP contribution < -0.4 is 9.47 Å². The number of aliphatic carboxylic acids is 1. The maximum Gasteiger partial charge on any atom is 0.329 e. The molecule has 1 amide bonds. The fraction of sp³-hybridized carbons (Fsp3) is 0.353. The highest BCUT2D eigenvalue weighted by molar-refractivity contribution is 7.13. The van der Waals surface area contributed by atoms with Crippen LogP contribution in [0.4, 0.5) is 0 Å². The number of carbonyl (C=O) groups is 2. The van der Waals surface area contributed by atoms with Crippen LogP contribution in [-0.2, 0) is 16.0 Å². The normalized spacial score (nSPS) is 12.9. The van der Waals surface area contributed by atoms with Crippen molar-refractivity contribution in [1.29, 1.82) is 0 Å². The first kappa shape index (κ1) is 17.2. The molecule has 8 heteroatoms. The number of benzene rings is 1. The number of ether oxygens (including phenoxy) is 2. The molecule has 3 rings (SSSR count). The number of likely N-dealkylation sites (N-methyl/N-ethyl adjacent to an activating group) is 1. The van der Waals surface area contributed by atoms with Gasteiger partial charge in [-0.05, 0) is 32.0 Å². The number of hydrogen-bond donors (Lipinski definition) is 1. The summed E-state index contributed by atoms with van der Waals surface area (Å²) < 4.78 is 10.6. The molecule has 0 spiro atoms. The summed E-state index contributed by atoms with van der Waals surface area (Å²) in [4.78, 5) is 29.3. The van der Waals surface area contributed by atoms with Gasteiger partial charge in [-0.1, -0.05) is 0 Å². The van der Waals surface area contributed by atoms with E-state index in [1.54, 1.807) is 5.38 Å². The summed E-state index contributed by atoms with van der Waals surface area (Å²) in [7, 11) is 1.49. The Bertz CT molecular complexity index is 830. The highest BCUT2D eigenvalue weighted by atomic mass is 32.1. The Morgan fingerprint density at radius 3 is 2.76 bits per heavy atom. The van der Waals surface area contributed by atoms with E-state index in [1.165, 1.54) is 37.1 Å². The molecule has 1 aromatic carbocycles. The SMILES string of the molecule is CN(C(=O)Cc1csc(-c2ccc3c(c2)OCO3)n1)C(C)(C)C(=O)O. The summed E-state index contributed by atoms with van der Waals surface area (Å²) in [5, 5.41) is 11.8. The maximum absolute atomic E-state index is 12.4. The number of nitrogens with zero attached hydrogens (tertiary/aromatic N) is 2. The number of fused-ring (bicyclic) bond motifs is 1. The van der Waals surface area contributed by atoms with Crippen LogP contribution >= 0.6 is 11.3 Å². The first-order chi connectivity index (χ1) is 11.8. The third-order valence-corrected chi connectivity index (χ3v) is 5.18. The topological polar surface area (TPSA) is 89.0 Å². The van der Waals surface area contributed by atoms with Crippen LogP contribution in [0.5, 0.6) is 11.5 Å². The van der Waals surface area contributed by atoms with Crippen LogP contribution in [0.1, 0.15) is 19.5 Å². The first-order valence-corrected chi connectivity index (χ1v) is 8.51. The molecular weight excluding hydrogens is 344 g/mol. The zero-order valence-corrected chi connectivity index (χ0v) is 14.9. The average molecular weight is 362 g/mol. The lowest BCUT2D eigenvalue weighted by molar-refractivity contribution is -0.155. The molecule has 0 aliphatic carbocycles. The minimum Gasteiger partial charge on any atom is -0.480 e. The quantitative estimate of drug-likeness (QED) is 0.879. The van der Waals surface area contributed by atoms with Crippen molar-refractivity contribution in [2.24, 2.45) is 0 Å². The molecule has 132 valence electrons. The first-order valence-electron chi connectivity index (χ1n) is 7.63. The van der Waals surface area contributed by atoms with Crippen LogP contribution in [-0.4, -0.2) is 46.2 Å². The fourth-order valence-corrected chi connectivity index (χ4v) is 3.10. The van der Waals surface area contributed by atoms with Gasteiger partial charge in [0, 0.05) is 18.0 Å². The Morgan fingerprint density at radius 2 is 2.04 bits per heavy atom. The van der Waals surface area contributed by atoms with Gasteiger partial charge in [0.2, 0.25) is 12.7 Å². The molecule has 1 aromatic heterocycles. The summed E-state index contributed by atoms with van der Waals surface area (Å²) in [5.74, 6) is 0.0270. The summed E-state index contributed by atoms with van der Waals surface area (Å²) in [6.07, 6.45) is 0.0499. The second-order valence-corrected chi connectivity index (χ2v) is 7.06. The molecule has 7 nitrogen and oxygen atoms in total. The van der Waals surface area contributed by atoms with Gasteiger partial charge < -0.3 is 19.5 Å². The predicted octanol–water partition coefficient (Wildman–Crippen LogP) is 2.40. The monoisotopic (exact) mass is 362 g/mol. The van der Waals surface area contributed by atoms with E-state index in [0.29, 0.717) is 17.2 Å². The van der Waals surface area contributed by atoms with Crippen LogP contribution in [0.3, 0.4) is 0 Å². The molecule has 25 heavy (non-hydrogen) atoms. The Morgan fingerprint density at radius 1 is 1.32 bits per heavy atom. The molecule has 0 saturated carbocycles. The molecule has 0 bridgehead atoms. The van der Waals surface area contributed by atoms with Crippen LogP contribution in [0.2, 0.25) is 0 Å². The Hall–Kier alpha value is -2.61. The molecule has 0 fully saturated rings. The van der Waals surface area contributed by atoms with Gasteiger partial charge in [-0.15, -0.1) is 11.3 Å². The zero-order valence-electron chi connectivity index (χ0n) is 14.1. The minimum absolute atomic E-state index is 0.0499. The molecule has 0 atom stereocenters. The lowest BCUT2D eigenvalue weighted by Crippen LogP contribution is -2.51. The van der Waals surface area contributed by atoms with Gasteiger partial charge in [0.1, 0.15) is 10.5 Å². The van der Waals surface area contributed by atoms with E-state index in [-0.39, 0.29) is 19.1 Å². The minimum atomic E-state index is -1.27. The van der Waals surface area contributed by atoms with E-state index >= 15 is 0 Å². The summed E-state index contributed by atoms with van der Waals surface area (Å²) in [6, 6.07) is 5.57. The molecule has 2 aromatic rings. The van der Waals surface area contributed by atoms with Crippen LogP contribution in [0.25, 0.3) is 10.6 Å². The van der Waals surface area contributed by atoms with Gasteiger partial charge in [-0.25, -0.2) is 9.78 Å². The largest absolute Gasteiger partial charge is 0.480 e. The van der Waals surface area contributed by atoms with E-state index < -0.39 is 11.5 Å². The highest BCUT2D eigenvalue weighted by Crippen LogP contribution is 2.36. The van der Waals surface area contributed by atoms with Gasteiger partial charge in [0.15, 0.2) is 11.5 Å². The lowest BCUT2D eigenvalue weighted by atomic mass is 10.0. The van der Waals surface area contributed by atoms with Crippen molar-refractivity contribution in [1.82, 2.24) is 9.88 Å². The van der Waals surface area contributed by atoms with Crippen LogP contribution in [0.15, 0.2) is 23.6 Å². The Labute approximate surface area is 148 Å². The third kappa shape index (κ3) is 3.30. The number of rotatable bonds is 5. The summed E-state index contributed by atoms with van der Waals surface area (Å²) in [6.45, 7) is 3.20. The van der Waals surface area contributed by atoms with Crippen molar-refractivity contribution in [3.63, 3.8) is 0 Å². The van der Waals surface area contributed by atoms with Crippen LogP contribution in [0, 0.1) is 0 Å². The molecule has 1 aliphatic rings. The number of carboxylic acids is 1. The number of amides is 1. The summed E-state index contributed by atoms with van der Waals surface area (Å²) >= 11 is 1.42. The maximum atomic E-state index is 12.4. The van der Waals surface area contributed by atoms with Crippen molar-refractivity contribution >= 4 is 23.2 Å². The molecule has 1 aliphatic heterocycles. The van der Waals surface area contributed by atoms with Crippen molar-refractivity contribution < 1.29 is 24.2 Å². The Kier molecular flexibility index (Phi) is 4.38. The van der Waals surface area contributed by atoms with Gasteiger partial charge in [0.05, 0.1) is 12.1 Å². The van der Waals surface area contributed by atoms with Gasteiger partial charge >= 0.3 is 5.97 Å². The number of carboxylic acid groups (broad SMARTS) is 1. The third-order valence-electron chi connectivity index (χ3n) is 4.24. The van der Waals surface area contributed by atoms with Crippen molar-refractivity contribution in [2.45, 2.75) is 25.8 Å². The predicted molar refractivity (Wildman–Crippen MR) is 91.9 cm³/mol. The lowest BCUT2D eigenvalue weighted by Gasteiger charge is -2.31. The molecule has 1 N–H and O–H groups in total. The number of aromatic nitrogens is 1. The van der Waals surface area contributed by atoms with E-state index in [4.69, 9.17) is 9.47 Å². The summed E-state index contributed by atoms with van der Waals surface area (Å²) in [5.41, 5.74) is 0.218. The van der Waals surface area contributed by atoms with E-state index in [0.717, 1.165) is 10.6 Å². The highest BCUT2D eigenvalue weighted by Gasteiger charge is 2.35. The smallest absolute Gasteiger partial charge is 0.329 e. The molecular formula is C17H18N2O5S. The van der Waals surface area contributed by atoms with Crippen molar-refractivity contribution in [3.8, 4) is 22.1 Å². The molecule has 2 heterocycles. The number of carbonyl (C=O) groups excluding carboxylic acids is 1. The van der Waals surface area contributed by atoms with Gasteiger partial charge in [-0.2, -0.15) is 0 Å². The van der Waals surface area contributed by atoms with Crippen molar-refractivity contribution in [3.05, 3.63) is 29.3 Å². The van der Waals surface area contributed by atoms with E-state index in [9.17, 15) is 14.7 Å². The number of thiazole rings is 1. The molecule has 0 radical (unpaired) electrons.